The number of guanidine groups is 1. The van der Waals surface area contributed by atoms with Crippen molar-refractivity contribution < 1.29 is 15.0 Å². The Morgan fingerprint density at radius 3 is 2.56 bits per heavy atom. The lowest BCUT2D eigenvalue weighted by molar-refractivity contribution is -0.742. The van der Waals surface area contributed by atoms with Gasteiger partial charge < -0.3 is 21.0 Å². The van der Waals surface area contributed by atoms with E-state index in [9.17, 15) is 0 Å². The van der Waals surface area contributed by atoms with Crippen LogP contribution in [-0.2, 0) is 0 Å². The van der Waals surface area contributed by atoms with Crippen molar-refractivity contribution in [2.24, 2.45) is 5.73 Å². The second kappa shape index (κ2) is 6.87. The number of benzene rings is 1. The zero-order valence-corrected chi connectivity index (χ0v) is 8.51. The normalized spacial score (nSPS) is 8.31. The number of methoxy groups -OCH3 is 1. The number of hydrogen-bond donors (Lipinski definition) is 4. The van der Waals surface area contributed by atoms with Crippen LogP contribution in [0.25, 0.3) is 0 Å². The SMILES string of the molecule is COc1ccccc1NC(=N)N.O=[N+]([O-])O. The van der Waals surface area contributed by atoms with Gasteiger partial charge in [-0.05, 0) is 12.1 Å². The van der Waals surface area contributed by atoms with Crippen LogP contribution in [0.3, 0.4) is 0 Å². The molecular weight excluding hydrogens is 216 g/mol. The average Bonchev–Trinajstić information content (AvgIpc) is 2.17. The van der Waals surface area contributed by atoms with Crippen LogP contribution < -0.4 is 15.8 Å². The summed E-state index contributed by atoms with van der Waals surface area (Å²) in [7, 11) is 1.57. The van der Waals surface area contributed by atoms with Gasteiger partial charge in [0.1, 0.15) is 5.75 Å². The fourth-order valence-electron chi connectivity index (χ4n) is 0.893. The van der Waals surface area contributed by atoms with Crippen molar-refractivity contribution in [3.05, 3.63) is 34.4 Å². The Morgan fingerprint density at radius 2 is 2.12 bits per heavy atom. The summed E-state index contributed by atoms with van der Waals surface area (Å²) < 4.78 is 5.03. The molecule has 0 saturated carbocycles. The van der Waals surface area contributed by atoms with E-state index in [0.717, 1.165) is 0 Å². The lowest BCUT2D eigenvalue weighted by Gasteiger charge is -2.08. The highest BCUT2D eigenvalue weighted by Crippen LogP contribution is 2.22. The summed E-state index contributed by atoms with van der Waals surface area (Å²) in [5.74, 6) is 0.576. The van der Waals surface area contributed by atoms with Gasteiger partial charge in [-0.1, -0.05) is 12.1 Å². The van der Waals surface area contributed by atoms with Crippen molar-refractivity contribution in [2.75, 3.05) is 12.4 Å². The van der Waals surface area contributed by atoms with Gasteiger partial charge >= 0.3 is 0 Å². The maximum absolute atomic E-state index is 8.36. The maximum Gasteiger partial charge on any atom is 0.291 e. The minimum absolute atomic E-state index is 0.0977. The summed E-state index contributed by atoms with van der Waals surface area (Å²) >= 11 is 0. The third kappa shape index (κ3) is 6.02. The molecule has 0 saturated heterocycles. The van der Waals surface area contributed by atoms with Gasteiger partial charge in [0.25, 0.3) is 5.09 Å². The van der Waals surface area contributed by atoms with E-state index < -0.39 is 5.09 Å². The number of anilines is 1. The summed E-state index contributed by atoms with van der Waals surface area (Å²) in [6.45, 7) is 0. The zero-order valence-electron chi connectivity index (χ0n) is 8.51. The molecule has 1 aromatic carbocycles. The van der Waals surface area contributed by atoms with Gasteiger partial charge in [-0.25, -0.2) is 0 Å². The highest BCUT2D eigenvalue weighted by atomic mass is 16.9. The Hall–Kier alpha value is -2.51. The summed E-state index contributed by atoms with van der Waals surface area (Å²) in [5.41, 5.74) is 5.87. The van der Waals surface area contributed by atoms with Crippen molar-refractivity contribution in [3.63, 3.8) is 0 Å². The van der Waals surface area contributed by atoms with E-state index >= 15 is 0 Å². The van der Waals surface area contributed by atoms with Gasteiger partial charge in [0.05, 0.1) is 12.8 Å². The van der Waals surface area contributed by atoms with E-state index in [2.05, 4.69) is 5.32 Å². The van der Waals surface area contributed by atoms with Crippen LogP contribution in [-0.4, -0.2) is 23.4 Å². The van der Waals surface area contributed by atoms with Crippen molar-refractivity contribution in [2.45, 2.75) is 0 Å². The molecule has 16 heavy (non-hydrogen) atoms. The molecule has 5 N–H and O–H groups in total. The first-order valence-electron chi connectivity index (χ1n) is 4.04. The van der Waals surface area contributed by atoms with Crippen molar-refractivity contribution in [3.8, 4) is 5.75 Å². The Kier molecular flexibility index (Phi) is 5.79. The second-order valence-corrected chi connectivity index (χ2v) is 2.48. The quantitative estimate of drug-likeness (QED) is 0.254. The Labute approximate surface area is 91.3 Å². The number of para-hydroxylation sites is 2. The molecule has 0 aliphatic carbocycles. The molecule has 0 amide bonds. The highest BCUT2D eigenvalue weighted by Gasteiger charge is 1.99. The first-order chi connectivity index (χ1) is 7.47. The van der Waals surface area contributed by atoms with Crippen molar-refractivity contribution in [1.29, 1.82) is 5.41 Å². The molecular formula is C8H12N4O4. The Balaban J connectivity index is 0.000000487. The molecule has 0 fully saturated rings. The molecule has 1 rings (SSSR count). The van der Waals surface area contributed by atoms with Gasteiger partial charge in [-0.15, -0.1) is 10.1 Å². The number of rotatable bonds is 2. The van der Waals surface area contributed by atoms with Crippen LogP contribution in [0.5, 0.6) is 5.75 Å². The van der Waals surface area contributed by atoms with Gasteiger partial charge in [0.15, 0.2) is 5.96 Å². The molecule has 0 aliphatic rings. The number of nitrogens with one attached hydrogen (secondary N) is 2. The smallest absolute Gasteiger partial charge is 0.291 e. The van der Waals surface area contributed by atoms with Crippen LogP contribution in [0.2, 0.25) is 0 Å². The Morgan fingerprint density at radius 1 is 1.62 bits per heavy atom. The van der Waals surface area contributed by atoms with Crippen LogP contribution in [0.15, 0.2) is 24.3 Å². The lowest BCUT2D eigenvalue weighted by Crippen LogP contribution is -2.20. The number of hydrogen-bond acceptors (Lipinski definition) is 4. The minimum Gasteiger partial charge on any atom is -0.495 e. The molecule has 0 atom stereocenters. The summed E-state index contributed by atoms with van der Waals surface area (Å²) in [6, 6.07) is 7.28. The molecule has 0 aromatic heterocycles. The molecule has 1 aromatic rings. The third-order valence-corrected chi connectivity index (χ3v) is 1.38. The summed E-state index contributed by atoms with van der Waals surface area (Å²) in [4.78, 5) is 8.36. The van der Waals surface area contributed by atoms with E-state index in [1.165, 1.54) is 0 Å². The first kappa shape index (κ1) is 13.5. The molecule has 8 heteroatoms. The van der Waals surface area contributed by atoms with E-state index in [0.29, 0.717) is 11.4 Å². The fourth-order valence-corrected chi connectivity index (χ4v) is 0.893. The zero-order chi connectivity index (χ0) is 12.6. The summed E-state index contributed by atoms with van der Waals surface area (Å²) in [6.07, 6.45) is 0. The van der Waals surface area contributed by atoms with E-state index in [4.69, 9.17) is 31.2 Å². The number of ether oxygens (including phenoxy) is 1. The Bertz CT molecular complexity index is 365. The third-order valence-electron chi connectivity index (χ3n) is 1.38. The molecule has 0 spiro atoms. The largest absolute Gasteiger partial charge is 0.495 e. The second-order valence-electron chi connectivity index (χ2n) is 2.48. The van der Waals surface area contributed by atoms with Gasteiger partial charge in [-0.3, -0.25) is 5.41 Å². The average molecular weight is 228 g/mol. The van der Waals surface area contributed by atoms with E-state index in [1.807, 2.05) is 12.1 Å². The molecule has 0 aliphatic heterocycles. The van der Waals surface area contributed by atoms with E-state index in [-0.39, 0.29) is 5.96 Å². The van der Waals surface area contributed by atoms with Crippen LogP contribution in [0, 0.1) is 15.5 Å². The molecule has 0 bridgehead atoms. The van der Waals surface area contributed by atoms with Gasteiger partial charge in [0.2, 0.25) is 0 Å². The fraction of sp³-hybridized carbons (Fsp3) is 0.125. The highest BCUT2D eigenvalue weighted by molar-refractivity contribution is 5.91. The van der Waals surface area contributed by atoms with Crippen molar-refractivity contribution >= 4 is 11.6 Å². The molecule has 88 valence electrons. The number of nitrogens with two attached hydrogens (primary N) is 1. The lowest BCUT2D eigenvalue weighted by atomic mass is 10.3. The molecule has 0 unspecified atom stereocenters. The topological polar surface area (TPSA) is 134 Å². The van der Waals surface area contributed by atoms with E-state index in [1.54, 1.807) is 19.2 Å². The van der Waals surface area contributed by atoms with Crippen LogP contribution in [0.1, 0.15) is 0 Å². The van der Waals surface area contributed by atoms with Gasteiger partial charge in [0, 0.05) is 0 Å². The standard InChI is InChI=1S/C8H11N3O.HNO3/c1-12-7-5-3-2-4-6(7)11-8(9)10;2-1(3)4/h2-5H,1H3,(H4,9,10,11);(H,2,3,4). The molecule has 0 radical (unpaired) electrons. The van der Waals surface area contributed by atoms with Crippen LogP contribution >= 0.6 is 0 Å². The summed E-state index contributed by atoms with van der Waals surface area (Å²) in [5, 5.41) is 23.3. The number of nitrogens with zero attached hydrogens (tertiary/aromatic N) is 1. The molecule has 0 heterocycles. The predicted octanol–water partition coefficient (Wildman–Crippen LogP) is 0.653. The van der Waals surface area contributed by atoms with Crippen LogP contribution in [0.4, 0.5) is 5.69 Å². The molecule has 8 nitrogen and oxygen atoms in total. The predicted molar refractivity (Wildman–Crippen MR) is 57.3 cm³/mol. The van der Waals surface area contributed by atoms with Gasteiger partial charge in [-0.2, -0.15) is 0 Å². The van der Waals surface area contributed by atoms with Crippen molar-refractivity contribution in [1.82, 2.24) is 0 Å². The minimum atomic E-state index is -1.50. The maximum atomic E-state index is 8.36. The first-order valence-corrected chi connectivity index (χ1v) is 4.04. The monoisotopic (exact) mass is 228 g/mol.